The number of carbonyl (C=O) groups excluding carboxylic acids is 2. The lowest BCUT2D eigenvalue weighted by atomic mass is 9.87. The van der Waals surface area contributed by atoms with Crippen molar-refractivity contribution in [1.29, 1.82) is 0 Å². The average molecular weight is 411 g/mol. The quantitative estimate of drug-likeness (QED) is 0.757. The molecule has 0 N–H and O–H groups in total. The van der Waals surface area contributed by atoms with Crippen molar-refractivity contribution in [3.05, 3.63) is 53.2 Å². The molecule has 7 heteroatoms. The van der Waals surface area contributed by atoms with Crippen LogP contribution in [0.4, 0.5) is 0 Å². The van der Waals surface area contributed by atoms with Gasteiger partial charge in [-0.15, -0.1) is 0 Å². The third-order valence-corrected chi connectivity index (χ3v) is 6.39. The zero-order chi connectivity index (χ0) is 21.4. The molecule has 0 saturated carbocycles. The van der Waals surface area contributed by atoms with Gasteiger partial charge < -0.3 is 19.1 Å². The van der Waals surface area contributed by atoms with Gasteiger partial charge in [0, 0.05) is 37.9 Å². The van der Waals surface area contributed by atoms with Gasteiger partial charge in [-0.2, -0.15) is 0 Å². The average Bonchev–Trinajstić information content (AvgIpc) is 3.41. The Labute approximate surface area is 177 Å². The summed E-state index contributed by atoms with van der Waals surface area (Å²) in [5.74, 6) is 1.20. The number of nitrogens with zero attached hydrogens (tertiary/aromatic N) is 4. The molecule has 0 bridgehead atoms. The molecule has 0 aliphatic carbocycles. The molecule has 2 saturated heterocycles. The molecule has 3 heterocycles. The first-order valence-corrected chi connectivity index (χ1v) is 10.6. The monoisotopic (exact) mass is 410 g/mol. The van der Waals surface area contributed by atoms with E-state index in [9.17, 15) is 9.59 Å². The number of likely N-dealkylation sites (tertiary alicyclic amines) is 2. The van der Waals surface area contributed by atoms with Crippen molar-refractivity contribution in [3.8, 4) is 0 Å². The Balaban J connectivity index is 1.61. The van der Waals surface area contributed by atoms with Crippen LogP contribution in [-0.4, -0.2) is 71.8 Å². The number of carbonyl (C=O) groups is 2. The number of rotatable bonds is 5. The Morgan fingerprint density at radius 3 is 2.67 bits per heavy atom. The fourth-order valence-electron chi connectivity index (χ4n) is 4.99. The lowest BCUT2D eigenvalue weighted by Gasteiger charge is -2.31. The fraction of sp³-hybridized carbons (Fsp3) is 0.522. The van der Waals surface area contributed by atoms with Crippen molar-refractivity contribution in [1.82, 2.24) is 19.7 Å². The molecule has 2 amide bonds. The van der Waals surface area contributed by atoms with Gasteiger partial charge in [-0.05, 0) is 32.1 Å². The van der Waals surface area contributed by atoms with Crippen LogP contribution in [0, 0.1) is 18.8 Å². The summed E-state index contributed by atoms with van der Waals surface area (Å²) in [5, 5.41) is 0. The Bertz CT molecular complexity index is 938. The van der Waals surface area contributed by atoms with E-state index in [0.29, 0.717) is 44.1 Å². The van der Waals surface area contributed by atoms with E-state index >= 15 is 0 Å². The summed E-state index contributed by atoms with van der Waals surface area (Å²) in [6, 6.07) is 8.27. The second kappa shape index (κ2) is 8.22. The van der Waals surface area contributed by atoms with Gasteiger partial charge in [0.05, 0.1) is 12.6 Å². The van der Waals surface area contributed by atoms with E-state index in [2.05, 4.69) is 24.0 Å². The molecule has 2 aliphatic heterocycles. The van der Waals surface area contributed by atoms with Crippen molar-refractivity contribution >= 4 is 11.8 Å². The van der Waals surface area contributed by atoms with Gasteiger partial charge in [-0.25, -0.2) is 4.98 Å². The number of likely N-dealkylation sites (N-methyl/N-ethyl adjacent to an activating group) is 1. The predicted molar refractivity (Wildman–Crippen MR) is 113 cm³/mol. The minimum Gasteiger partial charge on any atom is -0.448 e. The molecule has 0 unspecified atom stereocenters. The maximum absolute atomic E-state index is 13.1. The summed E-state index contributed by atoms with van der Waals surface area (Å²) in [5.41, 5.74) is 2.79. The second-order valence-corrected chi connectivity index (χ2v) is 8.70. The number of hydrogen-bond donors (Lipinski definition) is 0. The molecule has 2 aromatic rings. The second-order valence-electron chi connectivity index (χ2n) is 8.70. The smallest absolute Gasteiger partial charge is 0.276 e. The van der Waals surface area contributed by atoms with Gasteiger partial charge in [0.1, 0.15) is 5.76 Å². The lowest BCUT2D eigenvalue weighted by molar-refractivity contribution is -0.133. The normalized spacial score (nSPS) is 23.3. The van der Waals surface area contributed by atoms with Gasteiger partial charge in [0.25, 0.3) is 5.91 Å². The third-order valence-electron chi connectivity index (χ3n) is 6.39. The van der Waals surface area contributed by atoms with Crippen LogP contribution in [0.5, 0.6) is 0 Å². The maximum atomic E-state index is 13.1. The number of aromatic nitrogens is 1. The van der Waals surface area contributed by atoms with E-state index in [0.717, 1.165) is 0 Å². The summed E-state index contributed by atoms with van der Waals surface area (Å²) in [7, 11) is 3.84. The topological polar surface area (TPSA) is 69.9 Å². The van der Waals surface area contributed by atoms with Gasteiger partial charge in [0.2, 0.25) is 5.91 Å². The Morgan fingerprint density at radius 2 is 1.97 bits per heavy atom. The first-order chi connectivity index (χ1) is 14.4. The maximum Gasteiger partial charge on any atom is 0.276 e. The summed E-state index contributed by atoms with van der Waals surface area (Å²) in [6.07, 6.45) is 1.99. The van der Waals surface area contributed by atoms with Crippen LogP contribution in [0.25, 0.3) is 0 Å². The van der Waals surface area contributed by atoms with Crippen LogP contribution >= 0.6 is 0 Å². The van der Waals surface area contributed by atoms with E-state index in [1.54, 1.807) is 0 Å². The minimum absolute atomic E-state index is 0.00981. The van der Waals surface area contributed by atoms with Crippen LogP contribution in [0.1, 0.15) is 40.3 Å². The minimum atomic E-state index is -0.0651. The van der Waals surface area contributed by atoms with Crippen molar-refractivity contribution < 1.29 is 14.0 Å². The van der Waals surface area contributed by atoms with E-state index in [1.165, 1.54) is 17.5 Å². The van der Waals surface area contributed by atoms with Gasteiger partial charge in [-0.1, -0.05) is 31.2 Å². The van der Waals surface area contributed by atoms with Crippen molar-refractivity contribution in [2.24, 2.45) is 11.8 Å². The lowest BCUT2D eigenvalue weighted by Crippen LogP contribution is -2.41. The molecule has 3 atom stereocenters. The Kier molecular flexibility index (Phi) is 5.64. The van der Waals surface area contributed by atoms with Crippen molar-refractivity contribution in [2.45, 2.75) is 26.3 Å². The highest BCUT2D eigenvalue weighted by Gasteiger charge is 2.50. The molecule has 30 heavy (non-hydrogen) atoms. The number of oxazole rings is 1. The largest absolute Gasteiger partial charge is 0.448 e. The molecule has 4 rings (SSSR count). The number of hydrogen-bond acceptors (Lipinski definition) is 5. The predicted octanol–water partition coefficient (Wildman–Crippen LogP) is 2.38. The molecule has 1 aromatic carbocycles. The number of amides is 2. The highest BCUT2D eigenvalue weighted by Crippen LogP contribution is 2.46. The summed E-state index contributed by atoms with van der Waals surface area (Å²) >= 11 is 0. The summed E-state index contributed by atoms with van der Waals surface area (Å²) in [6.45, 7) is 6.40. The number of fused-ring (bicyclic) bond motifs is 1. The molecule has 7 nitrogen and oxygen atoms in total. The van der Waals surface area contributed by atoms with E-state index in [-0.39, 0.29) is 29.7 Å². The number of aryl methyl sites for hydroxylation is 2. The SMILES string of the molecule is CCc1ocnc1C(=O)N1C[C@@H]2CN(C(=O)CN(C)C)[C@@H](c3ccccc3C)[C@@H]2C1. The molecular formula is C23H30N4O3. The highest BCUT2D eigenvalue weighted by molar-refractivity contribution is 5.93. The molecule has 2 aliphatic rings. The summed E-state index contributed by atoms with van der Waals surface area (Å²) < 4.78 is 5.36. The fourth-order valence-corrected chi connectivity index (χ4v) is 4.99. The molecule has 1 aromatic heterocycles. The van der Waals surface area contributed by atoms with Gasteiger partial charge in [-0.3, -0.25) is 9.59 Å². The molecule has 160 valence electrons. The summed E-state index contributed by atoms with van der Waals surface area (Å²) in [4.78, 5) is 36.2. The first kappa shape index (κ1) is 20.6. The van der Waals surface area contributed by atoms with Crippen LogP contribution < -0.4 is 0 Å². The van der Waals surface area contributed by atoms with Crippen LogP contribution in [0.15, 0.2) is 35.1 Å². The van der Waals surface area contributed by atoms with E-state index in [4.69, 9.17) is 4.42 Å². The molecule has 0 radical (unpaired) electrons. The van der Waals surface area contributed by atoms with Gasteiger partial charge in [0.15, 0.2) is 12.1 Å². The number of benzene rings is 1. The van der Waals surface area contributed by atoms with E-state index < -0.39 is 0 Å². The van der Waals surface area contributed by atoms with Crippen molar-refractivity contribution in [2.75, 3.05) is 40.3 Å². The zero-order valence-electron chi connectivity index (χ0n) is 18.2. The standard InChI is InChI=1S/C23H30N4O3/c1-5-19-21(24-14-30-19)23(29)26-10-16-11-27(20(28)13-25(3)4)22(18(16)12-26)17-9-7-6-8-15(17)2/h6-9,14,16,18,22H,5,10-13H2,1-4H3/t16-,18-,22+/m1/s1. The van der Waals surface area contributed by atoms with Crippen LogP contribution in [0.2, 0.25) is 0 Å². The zero-order valence-corrected chi connectivity index (χ0v) is 18.2. The Morgan fingerprint density at radius 1 is 1.20 bits per heavy atom. The highest BCUT2D eigenvalue weighted by atomic mass is 16.3. The van der Waals surface area contributed by atoms with Crippen LogP contribution in [0.3, 0.4) is 0 Å². The Hall–Kier alpha value is -2.67. The first-order valence-electron chi connectivity index (χ1n) is 10.6. The molecular weight excluding hydrogens is 380 g/mol. The van der Waals surface area contributed by atoms with Crippen molar-refractivity contribution in [3.63, 3.8) is 0 Å². The van der Waals surface area contributed by atoms with Crippen LogP contribution in [-0.2, 0) is 11.2 Å². The third kappa shape index (κ3) is 3.62. The van der Waals surface area contributed by atoms with E-state index in [1.807, 2.05) is 47.9 Å². The molecule has 2 fully saturated rings. The molecule has 0 spiro atoms. The van der Waals surface area contributed by atoms with Gasteiger partial charge >= 0.3 is 0 Å².